The number of nitrogens with one attached hydrogen (secondary N) is 1. The molecule has 0 saturated heterocycles. The van der Waals surface area contributed by atoms with Crippen LogP contribution in [-0.4, -0.2) is 18.0 Å². The van der Waals surface area contributed by atoms with Crippen molar-refractivity contribution in [3.05, 3.63) is 52.1 Å². The van der Waals surface area contributed by atoms with Gasteiger partial charge in [0.2, 0.25) is 5.88 Å². The molecule has 2 rings (SSSR count). The molecule has 0 saturated carbocycles. The molecule has 5 heteroatoms. The SMILES string of the molecule is COc1ccc(NC(=O)c2ccc(C)c(Br)c2)cn1. The highest BCUT2D eigenvalue weighted by molar-refractivity contribution is 9.10. The zero-order valence-corrected chi connectivity index (χ0v) is 12.2. The standard InChI is InChI=1S/C14H13BrN2O2/c1-9-3-4-10(7-12(9)15)14(18)17-11-5-6-13(19-2)16-8-11/h3-8H,1-2H3,(H,17,18). The Kier molecular flexibility index (Phi) is 4.16. The van der Waals surface area contributed by atoms with Gasteiger partial charge in [-0.1, -0.05) is 22.0 Å². The number of anilines is 1. The topological polar surface area (TPSA) is 51.2 Å². The Morgan fingerprint density at radius 2 is 2.11 bits per heavy atom. The van der Waals surface area contributed by atoms with Crippen molar-refractivity contribution in [3.8, 4) is 5.88 Å². The Hall–Kier alpha value is -1.88. The van der Waals surface area contributed by atoms with Crippen LogP contribution in [0.2, 0.25) is 0 Å². The molecule has 0 radical (unpaired) electrons. The number of benzene rings is 1. The Labute approximate surface area is 119 Å². The van der Waals surface area contributed by atoms with Crippen molar-refractivity contribution in [2.75, 3.05) is 12.4 Å². The lowest BCUT2D eigenvalue weighted by Gasteiger charge is -2.07. The molecule has 0 bridgehead atoms. The van der Waals surface area contributed by atoms with Crippen molar-refractivity contribution in [1.29, 1.82) is 0 Å². The number of carbonyl (C=O) groups is 1. The molecule has 98 valence electrons. The van der Waals surface area contributed by atoms with Crippen molar-refractivity contribution in [2.45, 2.75) is 6.92 Å². The molecule has 0 aliphatic carbocycles. The maximum atomic E-state index is 12.0. The predicted octanol–water partition coefficient (Wildman–Crippen LogP) is 3.41. The molecule has 1 aromatic heterocycles. The van der Waals surface area contributed by atoms with Crippen molar-refractivity contribution < 1.29 is 9.53 Å². The van der Waals surface area contributed by atoms with E-state index in [9.17, 15) is 4.79 Å². The summed E-state index contributed by atoms with van der Waals surface area (Å²) in [7, 11) is 1.55. The minimum Gasteiger partial charge on any atom is -0.481 e. The van der Waals surface area contributed by atoms with Gasteiger partial charge in [0.15, 0.2) is 0 Å². The van der Waals surface area contributed by atoms with E-state index in [1.165, 1.54) is 0 Å². The molecule has 1 aromatic carbocycles. The van der Waals surface area contributed by atoms with Crippen LogP contribution < -0.4 is 10.1 Å². The van der Waals surface area contributed by atoms with Crippen molar-refractivity contribution in [3.63, 3.8) is 0 Å². The number of aromatic nitrogens is 1. The molecule has 4 nitrogen and oxygen atoms in total. The van der Waals surface area contributed by atoms with Crippen LogP contribution in [0.3, 0.4) is 0 Å². The molecular weight excluding hydrogens is 308 g/mol. The largest absolute Gasteiger partial charge is 0.481 e. The second-order valence-electron chi connectivity index (χ2n) is 4.01. The predicted molar refractivity (Wildman–Crippen MR) is 77.6 cm³/mol. The minimum absolute atomic E-state index is 0.173. The lowest BCUT2D eigenvalue weighted by molar-refractivity contribution is 0.102. The second-order valence-corrected chi connectivity index (χ2v) is 4.86. The van der Waals surface area contributed by atoms with Gasteiger partial charge in [-0.15, -0.1) is 0 Å². The third-order valence-electron chi connectivity index (χ3n) is 2.64. The van der Waals surface area contributed by atoms with E-state index in [0.29, 0.717) is 17.1 Å². The van der Waals surface area contributed by atoms with Gasteiger partial charge in [-0.25, -0.2) is 4.98 Å². The smallest absolute Gasteiger partial charge is 0.255 e. The molecule has 1 N–H and O–H groups in total. The summed E-state index contributed by atoms with van der Waals surface area (Å²) in [4.78, 5) is 16.1. The molecular formula is C14H13BrN2O2. The molecule has 19 heavy (non-hydrogen) atoms. The Balaban J connectivity index is 2.13. The first-order chi connectivity index (χ1) is 9.10. The summed E-state index contributed by atoms with van der Waals surface area (Å²) in [5, 5.41) is 2.78. The van der Waals surface area contributed by atoms with Crippen LogP contribution in [0.25, 0.3) is 0 Å². The number of carbonyl (C=O) groups excluding carboxylic acids is 1. The van der Waals surface area contributed by atoms with Crippen LogP contribution in [0.1, 0.15) is 15.9 Å². The van der Waals surface area contributed by atoms with Crippen LogP contribution in [0.15, 0.2) is 41.0 Å². The third kappa shape index (κ3) is 3.32. The van der Waals surface area contributed by atoms with Gasteiger partial charge in [-0.05, 0) is 30.7 Å². The van der Waals surface area contributed by atoms with E-state index < -0.39 is 0 Å². The van der Waals surface area contributed by atoms with E-state index in [0.717, 1.165) is 10.0 Å². The van der Waals surface area contributed by atoms with Crippen LogP contribution in [0.4, 0.5) is 5.69 Å². The van der Waals surface area contributed by atoms with Crippen LogP contribution in [0.5, 0.6) is 5.88 Å². The fraction of sp³-hybridized carbons (Fsp3) is 0.143. The van der Waals surface area contributed by atoms with E-state index in [1.54, 1.807) is 37.6 Å². The lowest BCUT2D eigenvalue weighted by atomic mass is 10.1. The molecule has 0 atom stereocenters. The highest BCUT2D eigenvalue weighted by Gasteiger charge is 2.08. The average Bonchev–Trinajstić information content (AvgIpc) is 2.42. The van der Waals surface area contributed by atoms with Gasteiger partial charge in [0.1, 0.15) is 0 Å². The minimum atomic E-state index is -0.173. The van der Waals surface area contributed by atoms with Gasteiger partial charge < -0.3 is 10.1 Å². The molecule has 0 aliphatic rings. The summed E-state index contributed by atoms with van der Waals surface area (Å²) in [5.41, 5.74) is 2.30. The normalized spacial score (nSPS) is 10.1. The molecule has 0 spiro atoms. The van der Waals surface area contributed by atoms with Crippen LogP contribution in [-0.2, 0) is 0 Å². The van der Waals surface area contributed by atoms with Gasteiger partial charge in [0.25, 0.3) is 5.91 Å². The second kappa shape index (κ2) is 5.84. The highest BCUT2D eigenvalue weighted by atomic mass is 79.9. The number of hydrogen-bond donors (Lipinski definition) is 1. The number of aryl methyl sites for hydroxylation is 1. The average molecular weight is 321 g/mol. The first kappa shape index (κ1) is 13.5. The number of nitrogens with zero attached hydrogens (tertiary/aromatic N) is 1. The van der Waals surface area contributed by atoms with Crippen molar-refractivity contribution in [2.24, 2.45) is 0 Å². The van der Waals surface area contributed by atoms with E-state index >= 15 is 0 Å². The zero-order valence-electron chi connectivity index (χ0n) is 10.6. The van der Waals surface area contributed by atoms with E-state index in [1.807, 2.05) is 13.0 Å². The maximum Gasteiger partial charge on any atom is 0.255 e. The number of halogens is 1. The van der Waals surface area contributed by atoms with Gasteiger partial charge in [0.05, 0.1) is 19.0 Å². The van der Waals surface area contributed by atoms with Crippen LogP contribution >= 0.6 is 15.9 Å². The molecule has 1 amide bonds. The molecule has 1 heterocycles. The molecule has 2 aromatic rings. The van der Waals surface area contributed by atoms with Gasteiger partial charge in [0, 0.05) is 16.1 Å². The monoisotopic (exact) mass is 320 g/mol. The highest BCUT2D eigenvalue weighted by Crippen LogP contribution is 2.19. The number of hydrogen-bond acceptors (Lipinski definition) is 3. The molecule has 0 fully saturated rings. The summed E-state index contributed by atoms with van der Waals surface area (Å²) in [6, 6.07) is 8.91. The van der Waals surface area contributed by atoms with E-state index in [-0.39, 0.29) is 5.91 Å². The Morgan fingerprint density at radius 3 is 2.68 bits per heavy atom. The third-order valence-corrected chi connectivity index (χ3v) is 3.49. The number of pyridine rings is 1. The fourth-order valence-electron chi connectivity index (χ4n) is 1.51. The zero-order chi connectivity index (χ0) is 13.8. The van der Waals surface area contributed by atoms with E-state index in [2.05, 4.69) is 26.2 Å². The fourth-order valence-corrected chi connectivity index (χ4v) is 1.89. The quantitative estimate of drug-likeness (QED) is 0.942. The number of rotatable bonds is 3. The van der Waals surface area contributed by atoms with Gasteiger partial charge >= 0.3 is 0 Å². The lowest BCUT2D eigenvalue weighted by Crippen LogP contribution is -2.12. The number of ether oxygens (including phenoxy) is 1. The number of methoxy groups -OCH3 is 1. The number of amides is 1. The first-order valence-electron chi connectivity index (χ1n) is 5.67. The first-order valence-corrected chi connectivity index (χ1v) is 6.47. The van der Waals surface area contributed by atoms with Crippen LogP contribution in [0, 0.1) is 6.92 Å². The molecule has 0 aliphatic heterocycles. The summed E-state index contributed by atoms with van der Waals surface area (Å²) in [5.74, 6) is 0.337. The summed E-state index contributed by atoms with van der Waals surface area (Å²) in [6.45, 7) is 1.97. The summed E-state index contributed by atoms with van der Waals surface area (Å²) in [6.07, 6.45) is 1.56. The Bertz CT molecular complexity index is 597. The summed E-state index contributed by atoms with van der Waals surface area (Å²) < 4.78 is 5.87. The molecule has 0 unspecified atom stereocenters. The Morgan fingerprint density at radius 1 is 1.32 bits per heavy atom. The van der Waals surface area contributed by atoms with Gasteiger partial charge in [-0.2, -0.15) is 0 Å². The van der Waals surface area contributed by atoms with Crippen molar-refractivity contribution in [1.82, 2.24) is 4.98 Å². The van der Waals surface area contributed by atoms with Gasteiger partial charge in [-0.3, -0.25) is 4.79 Å². The summed E-state index contributed by atoms with van der Waals surface area (Å²) >= 11 is 3.41. The maximum absolute atomic E-state index is 12.0. The van der Waals surface area contributed by atoms with E-state index in [4.69, 9.17) is 4.74 Å². The van der Waals surface area contributed by atoms with Crippen molar-refractivity contribution >= 4 is 27.5 Å².